The molecule has 1 amide bonds. The van der Waals surface area contributed by atoms with Gasteiger partial charge < -0.3 is 10.0 Å². The molecule has 1 N–H and O–H groups in total. The number of amides is 1. The SMILES string of the molecule is O=C(O)CC1CSCCN1C(=O)CSc1ccc(Cl)cc1[N+](=O)[O-]. The van der Waals surface area contributed by atoms with Crippen molar-refractivity contribution in [1.29, 1.82) is 0 Å². The van der Waals surface area contributed by atoms with Gasteiger partial charge in [0, 0.05) is 29.1 Å². The van der Waals surface area contributed by atoms with Crippen LogP contribution in [0.5, 0.6) is 0 Å². The highest BCUT2D eigenvalue weighted by Gasteiger charge is 2.29. The molecule has 0 aromatic heterocycles. The van der Waals surface area contributed by atoms with Gasteiger partial charge in [-0.05, 0) is 12.1 Å². The standard InChI is InChI=1S/C14H15ClN2O5S2/c15-9-1-2-12(11(5-9)17(21)22)24-8-13(18)16-3-4-23-7-10(16)6-14(19)20/h1-2,5,10H,3-4,6-8H2,(H,19,20). The van der Waals surface area contributed by atoms with Gasteiger partial charge in [-0.25, -0.2) is 0 Å². The Labute approximate surface area is 151 Å². The molecule has 24 heavy (non-hydrogen) atoms. The summed E-state index contributed by atoms with van der Waals surface area (Å²) in [5, 5.41) is 20.3. The second-order valence-electron chi connectivity index (χ2n) is 5.07. The molecule has 130 valence electrons. The third kappa shape index (κ3) is 5.02. The zero-order valence-corrected chi connectivity index (χ0v) is 14.9. The molecule has 0 aliphatic carbocycles. The monoisotopic (exact) mass is 390 g/mol. The molecule has 1 aromatic carbocycles. The Kier molecular flexibility index (Phi) is 6.76. The summed E-state index contributed by atoms with van der Waals surface area (Å²) in [5.74, 6) is 0.206. The van der Waals surface area contributed by atoms with E-state index in [-0.39, 0.29) is 34.8 Å². The minimum Gasteiger partial charge on any atom is -0.481 e. The van der Waals surface area contributed by atoms with E-state index in [9.17, 15) is 19.7 Å². The first kappa shape index (κ1) is 18.9. The van der Waals surface area contributed by atoms with Crippen molar-refractivity contribution in [1.82, 2.24) is 4.90 Å². The smallest absolute Gasteiger partial charge is 0.305 e. The van der Waals surface area contributed by atoms with E-state index in [0.29, 0.717) is 17.2 Å². The van der Waals surface area contributed by atoms with Gasteiger partial charge in [-0.15, -0.1) is 11.8 Å². The van der Waals surface area contributed by atoms with E-state index in [0.717, 1.165) is 17.5 Å². The number of nitrogens with zero attached hydrogens (tertiary/aromatic N) is 2. The molecular weight excluding hydrogens is 376 g/mol. The highest BCUT2D eigenvalue weighted by molar-refractivity contribution is 8.00. The van der Waals surface area contributed by atoms with Crippen LogP contribution >= 0.6 is 35.1 Å². The van der Waals surface area contributed by atoms with E-state index >= 15 is 0 Å². The molecule has 0 bridgehead atoms. The second kappa shape index (κ2) is 8.59. The number of hydrogen-bond donors (Lipinski definition) is 1. The third-order valence-electron chi connectivity index (χ3n) is 3.43. The minimum absolute atomic E-state index is 0.0171. The van der Waals surface area contributed by atoms with E-state index in [1.54, 1.807) is 16.7 Å². The fraction of sp³-hybridized carbons (Fsp3) is 0.429. The van der Waals surface area contributed by atoms with Crippen molar-refractivity contribution >= 4 is 52.7 Å². The van der Waals surface area contributed by atoms with E-state index in [4.69, 9.17) is 16.7 Å². The molecule has 1 atom stereocenters. The van der Waals surface area contributed by atoms with Crippen LogP contribution in [0.25, 0.3) is 0 Å². The summed E-state index contributed by atoms with van der Waals surface area (Å²) in [7, 11) is 0. The van der Waals surface area contributed by atoms with Crippen LogP contribution in [0.4, 0.5) is 5.69 Å². The van der Waals surface area contributed by atoms with Crippen LogP contribution in [-0.2, 0) is 9.59 Å². The van der Waals surface area contributed by atoms with Gasteiger partial charge >= 0.3 is 5.97 Å². The zero-order valence-electron chi connectivity index (χ0n) is 12.5. The van der Waals surface area contributed by atoms with Crippen molar-refractivity contribution in [2.75, 3.05) is 23.8 Å². The topological polar surface area (TPSA) is 101 Å². The Morgan fingerprint density at radius 2 is 2.25 bits per heavy atom. The van der Waals surface area contributed by atoms with E-state index in [1.165, 1.54) is 18.2 Å². The van der Waals surface area contributed by atoms with E-state index < -0.39 is 10.9 Å². The summed E-state index contributed by atoms with van der Waals surface area (Å²) >= 11 is 8.45. The summed E-state index contributed by atoms with van der Waals surface area (Å²) in [4.78, 5) is 35.8. The number of nitro groups is 1. The lowest BCUT2D eigenvalue weighted by molar-refractivity contribution is -0.387. The molecule has 1 aliphatic rings. The summed E-state index contributed by atoms with van der Waals surface area (Å²) in [6, 6.07) is 3.96. The molecule has 1 heterocycles. The first-order chi connectivity index (χ1) is 11.4. The number of carboxylic acids is 1. The molecule has 0 spiro atoms. The molecular formula is C14H15ClN2O5S2. The minimum atomic E-state index is -0.943. The predicted molar refractivity (Wildman–Crippen MR) is 93.9 cm³/mol. The molecule has 1 fully saturated rings. The van der Waals surface area contributed by atoms with Crippen LogP contribution in [-0.4, -0.2) is 56.7 Å². The number of hydrogen-bond acceptors (Lipinski definition) is 6. The summed E-state index contributed by atoms with van der Waals surface area (Å²) in [5.41, 5.74) is -0.142. The zero-order chi connectivity index (χ0) is 17.7. The average Bonchev–Trinajstić information content (AvgIpc) is 2.53. The number of carboxylic acid groups (broad SMARTS) is 1. The van der Waals surface area contributed by atoms with Crippen molar-refractivity contribution in [2.24, 2.45) is 0 Å². The fourth-order valence-corrected chi connectivity index (χ4v) is 4.45. The van der Waals surface area contributed by atoms with Gasteiger partial charge in [0.25, 0.3) is 5.69 Å². The fourth-order valence-electron chi connectivity index (χ4n) is 2.33. The van der Waals surface area contributed by atoms with Gasteiger partial charge in [-0.1, -0.05) is 11.6 Å². The Morgan fingerprint density at radius 3 is 2.92 bits per heavy atom. The molecule has 1 aromatic rings. The molecule has 1 saturated heterocycles. The van der Waals surface area contributed by atoms with Crippen LogP contribution in [0.15, 0.2) is 23.1 Å². The molecule has 2 rings (SSSR count). The van der Waals surface area contributed by atoms with Crippen molar-refractivity contribution in [2.45, 2.75) is 17.4 Å². The normalized spacial score (nSPS) is 17.5. The molecule has 0 radical (unpaired) electrons. The quantitative estimate of drug-likeness (QED) is 0.452. The predicted octanol–water partition coefficient (Wildman–Crippen LogP) is 2.76. The lowest BCUT2D eigenvalue weighted by atomic mass is 10.2. The third-order valence-corrected chi connectivity index (χ3v) is 5.80. The van der Waals surface area contributed by atoms with E-state index in [1.807, 2.05) is 0 Å². The highest BCUT2D eigenvalue weighted by atomic mass is 35.5. The average molecular weight is 391 g/mol. The second-order valence-corrected chi connectivity index (χ2v) is 7.68. The number of nitro benzene ring substituents is 1. The maximum absolute atomic E-state index is 12.4. The molecule has 10 heteroatoms. The molecule has 1 unspecified atom stereocenters. The van der Waals surface area contributed by atoms with Gasteiger partial charge in [0.2, 0.25) is 5.91 Å². The number of benzene rings is 1. The van der Waals surface area contributed by atoms with Crippen LogP contribution in [0.3, 0.4) is 0 Å². The maximum atomic E-state index is 12.4. The number of carbonyl (C=O) groups is 2. The largest absolute Gasteiger partial charge is 0.481 e. The van der Waals surface area contributed by atoms with E-state index in [2.05, 4.69) is 0 Å². The lowest BCUT2D eigenvalue weighted by Crippen LogP contribution is -2.47. The van der Waals surface area contributed by atoms with Crippen molar-refractivity contribution in [3.63, 3.8) is 0 Å². The number of rotatable bonds is 6. The number of thioether (sulfide) groups is 2. The molecule has 1 aliphatic heterocycles. The summed E-state index contributed by atoms with van der Waals surface area (Å²) in [6.07, 6.45) is -0.0928. The van der Waals surface area contributed by atoms with Crippen LogP contribution in [0, 0.1) is 10.1 Å². The van der Waals surface area contributed by atoms with Crippen molar-refractivity contribution in [3.05, 3.63) is 33.3 Å². The van der Waals surface area contributed by atoms with Gasteiger partial charge in [-0.3, -0.25) is 19.7 Å². The van der Waals surface area contributed by atoms with Gasteiger partial charge in [0.15, 0.2) is 0 Å². The summed E-state index contributed by atoms with van der Waals surface area (Å²) in [6.45, 7) is 0.491. The number of carbonyl (C=O) groups excluding carboxylic acids is 1. The Bertz CT molecular complexity index is 658. The van der Waals surface area contributed by atoms with Crippen LogP contribution < -0.4 is 0 Å². The van der Waals surface area contributed by atoms with Gasteiger partial charge in [0.1, 0.15) is 0 Å². The Morgan fingerprint density at radius 1 is 1.50 bits per heavy atom. The number of halogens is 1. The highest BCUT2D eigenvalue weighted by Crippen LogP contribution is 2.32. The number of aliphatic carboxylic acids is 1. The first-order valence-corrected chi connectivity index (χ1v) is 9.56. The van der Waals surface area contributed by atoms with Crippen molar-refractivity contribution in [3.8, 4) is 0 Å². The Hall–Kier alpha value is -1.45. The van der Waals surface area contributed by atoms with Gasteiger partial charge in [0.05, 0.1) is 28.0 Å². The Balaban J connectivity index is 2.04. The lowest BCUT2D eigenvalue weighted by Gasteiger charge is -2.34. The van der Waals surface area contributed by atoms with Gasteiger partial charge in [-0.2, -0.15) is 11.8 Å². The molecule has 7 nitrogen and oxygen atoms in total. The van der Waals surface area contributed by atoms with Crippen molar-refractivity contribution < 1.29 is 19.6 Å². The maximum Gasteiger partial charge on any atom is 0.305 e. The van der Waals surface area contributed by atoms with Crippen LogP contribution in [0.1, 0.15) is 6.42 Å². The summed E-state index contributed by atoms with van der Waals surface area (Å²) < 4.78 is 0. The first-order valence-electron chi connectivity index (χ1n) is 7.04. The van der Waals surface area contributed by atoms with Crippen LogP contribution in [0.2, 0.25) is 5.02 Å². The molecule has 0 saturated carbocycles.